The van der Waals surface area contributed by atoms with Crippen molar-refractivity contribution >= 4 is 5.78 Å². The third-order valence-corrected chi connectivity index (χ3v) is 1.17. The van der Waals surface area contributed by atoms with E-state index in [4.69, 9.17) is 4.74 Å². The second kappa shape index (κ2) is 5.94. The first-order valence-corrected chi connectivity index (χ1v) is 3.70. The van der Waals surface area contributed by atoms with E-state index in [0.717, 1.165) is 0 Å². The molecule has 0 radical (unpaired) electrons. The summed E-state index contributed by atoms with van der Waals surface area (Å²) in [6, 6.07) is 0. The summed E-state index contributed by atoms with van der Waals surface area (Å²) in [5, 5.41) is 0. The monoisotopic (exact) mass is 154 g/mol. The molecule has 0 N–H and O–H groups in total. The number of Topliss-reactive ketones (excluding diaryl/α,β-unsaturated/α-hetero) is 1. The smallest absolute Gasteiger partial charge is 0.207 e. The maximum atomic E-state index is 10.9. The molecule has 0 fully saturated rings. The maximum absolute atomic E-state index is 10.9. The Labute approximate surface area is 67.9 Å². The highest BCUT2D eigenvalue weighted by molar-refractivity contribution is 5.96. The molecule has 0 aromatic heterocycles. The molecular weight excluding hydrogens is 140 g/mol. The van der Waals surface area contributed by atoms with Crippen LogP contribution < -0.4 is 0 Å². The number of hydrogen-bond donors (Lipinski definition) is 0. The van der Waals surface area contributed by atoms with Crippen molar-refractivity contribution in [2.75, 3.05) is 13.7 Å². The number of carbonyl (C=O) groups excluding carboxylic acids is 1. The third kappa shape index (κ3) is 5.63. The van der Waals surface area contributed by atoms with Gasteiger partial charge < -0.3 is 4.74 Å². The molecule has 0 amide bonds. The Bertz CT molecular complexity index is 172. The van der Waals surface area contributed by atoms with Crippen molar-refractivity contribution in [3.8, 4) is 11.8 Å². The lowest BCUT2D eigenvalue weighted by Crippen LogP contribution is -2.02. The van der Waals surface area contributed by atoms with Gasteiger partial charge >= 0.3 is 0 Å². The molecule has 62 valence electrons. The van der Waals surface area contributed by atoms with Crippen LogP contribution in [0.2, 0.25) is 0 Å². The van der Waals surface area contributed by atoms with Crippen molar-refractivity contribution in [3.05, 3.63) is 0 Å². The first-order valence-electron chi connectivity index (χ1n) is 3.70. The fourth-order valence-corrected chi connectivity index (χ4v) is 0.447. The van der Waals surface area contributed by atoms with Gasteiger partial charge in [-0.3, -0.25) is 4.79 Å². The highest BCUT2D eigenvalue weighted by Crippen LogP contribution is 1.91. The van der Waals surface area contributed by atoms with E-state index in [1.165, 1.54) is 0 Å². The van der Waals surface area contributed by atoms with Gasteiger partial charge in [0.25, 0.3) is 0 Å². The average molecular weight is 154 g/mol. The van der Waals surface area contributed by atoms with E-state index in [2.05, 4.69) is 11.8 Å². The molecule has 0 aromatic carbocycles. The predicted molar refractivity (Wildman–Crippen MR) is 44.1 cm³/mol. The fourth-order valence-electron chi connectivity index (χ4n) is 0.447. The van der Waals surface area contributed by atoms with E-state index >= 15 is 0 Å². The van der Waals surface area contributed by atoms with Gasteiger partial charge in [-0.1, -0.05) is 19.8 Å². The number of ketones is 1. The van der Waals surface area contributed by atoms with Crippen LogP contribution in [0.5, 0.6) is 0 Å². The molecule has 0 aliphatic heterocycles. The number of methoxy groups -OCH3 is 1. The summed E-state index contributed by atoms with van der Waals surface area (Å²) in [6.45, 7) is 4.28. The van der Waals surface area contributed by atoms with Crippen LogP contribution in [-0.2, 0) is 9.53 Å². The van der Waals surface area contributed by atoms with E-state index < -0.39 is 0 Å². The predicted octanol–water partition coefficient (Wildman–Crippen LogP) is 1.25. The average Bonchev–Trinajstić information content (AvgIpc) is 1.97. The van der Waals surface area contributed by atoms with E-state index in [0.29, 0.717) is 13.0 Å². The van der Waals surface area contributed by atoms with Crippen LogP contribution in [-0.4, -0.2) is 19.5 Å². The number of ether oxygens (including phenoxy) is 1. The summed E-state index contributed by atoms with van der Waals surface area (Å²) >= 11 is 0. The van der Waals surface area contributed by atoms with Gasteiger partial charge in [-0.2, -0.15) is 0 Å². The van der Waals surface area contributed by atoms with Gasteiger partial charge in [0.15, 0.2) is 0 Å². The molecule has 0 atom stereocenters. The molecule has 0 heterocycles. The third-order valence-electron chi connectivity index (χ3n) is 1.17. The van der Waals surface area contributed by atoms with Crippen molar-refractivity contribution in [2.24, 2.45) is 5.92 Å². The number of hydrogen-bond acceptors (Lipinski definition) is 2. The Morgan fingerprint density at radius 3 is 2.64 bits per heavy atom. The zero-order valence-electron chi connectivity index (χ0n) is 7.31. The first kappa shape index (κ1) is 10.2. The fraction of sp³-hybridized carbons (Fsp3) is 0.667. The van der Waals surface area contributed by atoms with Gasteiger partial charge in [-0.15, -0.1) is 0 Å². The van der Waals surface area contributed by atoms with Gasteiger partial charge in [0.2, 0.25) is 5.78 Å². The highest BCUT2D eigenvalue weighted by atomic mass is 16.5. The van der Waals surface area contributed by atoms with Gasteiger partial charge in [-0.25, -0.2) is 0 Å². The van der Waals surface area contributed by atoms with Gasteiger partial charge in [0.1, 0.15) is 0 Å². The molecule has 0 saturated heterocycles. The molecule has 0 aliphatic carbocycles. The molecule has 2 nitrogen and oxygen atoms in total. The van der Waals surface area contributed by atoms with Crippen LogP contribution in [0, 0.1) is 17.8 Å². The number of carbonyl (C=O) groups is 1. The van der Waals surface area contributed by atoms with Gasteiger partial charge in [0, 0.05) is 19.4 Å². The minimum atomic E-state index is 0.00102. The lowest BCUT2D eigenvalue weighted by Gasteiger charge is -1.92. The summed E-state index contributed by atoms with van der Waals surface area (Å²) < 4.78 is 4.77. The van der Waals surface area contributed by atoms with Crippen LogP contribution in [0.3, 0.4) is 0 Å². The molecule has 0 bridgehead atoms. The van der Waals surface area contributed by atoms with Crippen LogP contribution in [0.1, 0.15) is 20.3 Å². The van der Waals surface area contributed by atoms with Crippen LogP contribution in [0.4, 0.5) is 0 Å². The lowest BCUT2D eigenvalue weighted by molar-refractivity contribution is -0.116. The van der Waals surface area contributed by atoms with Crippen molar-refractivity contribution < 1.29 is 9.53 Å². The summed E-state index contributed by atoms with van der Waals surface area (Å²) in [4.78, 5) is 10.9. The quantitative estimate of drug-likeness (QED) is 0.347. The Balaban J connectivity index is 3.60. The Hall–Kier alpha value is -0.810. The molecule has 0 saturated carbocycles. The summed E-state index contributed by atoms with van der Waals surface area (Å²) in [6.07, 6.45) is 0.634. The van der Waals surface area contributed by atoms with Crippen molar-refractivity contribution in [2.45, 2.75) is 20.3 Å². The molecule has 11 heavy (non-hydrogen) atoms. The van der Waals surface area contributed by atoms with Crippen molar-refractivity contribution in [3.63, 3.8) is 0 Å². The zero-order chi connectivity index (χ0) is 8.69. The molecule has 0 rings (SSSR count). The topological polar surface area (TPSA) is 26.3 Å². The zero-order valence-corrected chi connectivity index (χ0v) is 7.31. The van der Waals surface area contributed by atoms with Crippen molar-refractivity contribution in [1.82, 2.24) is 0 Å². The standard InChI is InChI=1S/C9H14O2/c1-8(2)9(10)6-4-5-7-11-3/h8H,5,7H2,1-3H3. The summed E-state index contributed by atoms with van der Waals surface area (Å²) in [7, 11) is 1.62. The van der Waals surface area contributed by atoms with Gasteiger partial charge in [-0.05, 0) is 5.92 Å². The summed E-state index contributed by atoms with van der Waals surface area (Å²) in [5.41, 5.74) is 0. The Morgan fingerprint density at radius 2 is 2.18 bits per heavy atom. The van der Waals surface area contributed by atoms with Gasteiger partial charge in [0.05, 0.1) is 6.61 Å². The lowest BCUT2D eigenvalue weighted by atomic mass is 10.1. The maximum Gasteiger partial charge on any atom is 0.207 e. The minimum absolute atomic E-state index is 0.00102. The molecule has 2 heteroatoms. The Morgan fingerprint density at radius 1 is 1.55 bits per heavy atom. The Kier molecular flexibility index (Phi) is 5.50. The van der Waals surface area contributed by atoms with Crippen LogP contribution in [0.15, 0.2) is 0 Å². The normalized spacial score (nSPS) is 9.09. The van der Waals surface area contributed by atoms with E-state index in [1.807, 2.05) is 13.8 Å². The minimum Gasteiger partial charge on any atom is -0.384 e. The van der Waals surface area contributed by atoms with Crippen LogP contribution >= 0.6 is 0 Å². The highest BCUT2D eigenvalue weighted by Gasteiger charge is 2.00. The second-order valence-electron chi connectivity index (χ2n) is 2.56. The molecule has 0 aromatic rings. The molecule has 0 unspecified atom stereocenters. The summed E-state index contributed by atoms with van der Waals surface area (Å²) in [5.74, 6) is 5.31. The molecular formula is C9H14O2. The largest absolute Gasteiger partial charge is 0.384 e. The molecule has 0 aliphatic rings. The number of rotatable bonds is 3. The van der Waals surface area contributed by atoms with Crippen LogP contribution in [0.25, 0.3) is 0 Å². The van der Waals surface area contributed by atoms with E-state index in [-0.39, 0.29) is 11.7 Å². The van der Waals surface area contributed by atoms with E-state index in [9.17, 15) is 4.79 Å². The first-order chi connectivity index (χ1) is 5.18. The van der Waals surface area contributed by atoms with Crippen molar-refractivity contribution in [1.29, 1.82) is 0 Å². The second-order valence-corrected chi connectivity index (χ2v) is 2.56. The van der Waals surface area contributed by atoms with E-state index in [1.54, 1.807) is 7.11 Å². The molecule has 0 spiro atoms. The SMILES string of the molecule is COCCC#CC(=O)C(C)C.